The number of rotatable bonds is 2. The fraction of sp³-hybridized carbons (Fsp3) is 0.870. The Hall–Kier alpha value is -0.870. The third kappa shape index (κ3) is 1.37. The van der Waals surface area contributed by atoms with Crippen LogP contribution in [0.3, 0.4) is 0 Å². The van der Waals surface area contributed by atoms with Gasteiger partial charge in [0.15, 0.2) is 0 Å². The van der Waals surface area contributed by atoms with Crippen LogP contribution in [-0.4, -0.2) is 36.0 Å². The first kappa shape index (κ1) is 16.0. The van der Waals surface area contributed by atoms with Gasteiger partial charge in [0.25, 0.3) is 0 Å². The highest BCUT2D eigenvalue weighted by molar-refractivity contribution is 5.93. The molecule has 10 atom stereocenters. The van der Waals surface area contributed by atoms with Crippen molar-refractivity contribution in [2.75, 3.05) is 6.61 Å². The molecule has 27 heavy (non-hydrogen) atoms. The van der Waals surface area contributed by atoms with Crippen LogP contribution < -0.4 is 0 Å². The lowest BCUT2D eigenvalue weighted by molar-refractivity contribution is -0.136. The Labute approximate surface area is 161 Å². The van der Waals surface area contributed by atoms with Crippen molar-refractivity contribution in [3.05, 3.63) is 11.1 Å². The molecular formula is C23H30O4. The molecule has 3 saturated carbocycles. The molecule has 3 heterocycles. The van der Waals surface area contributed by atoms with Crippen molar-refractivity contribution in [3.8, 4) is 0 Å². The van der Waals surface area contributed by atoms with Gasteiger partial charge in [0.05, 0.1) is 12.2 Å². The van der Waals surface area contributed by atoms with Crippen LogP contribution in [0.25, 0.3) is 0 Å². The number of ether oxygens (including phenoxy) is 3. The van der Waals surface area contributed by atoms with Crippen LogP contribution in [0.2, 0.25) is 0 Å². The minimum Gasteiger partial charge on any atom is -0.458 e. The summed E-state index contributed by atoms with van der Waals surface area (Å²) in [7, 11) is 0. The van der Waals surface area contributed by atoms with Crippen molar-refractivity contribution < 1.29 is 19.0 Å². The van der Waals surface area contributed by atoms with Gasteiger partial charge in [-0.05, 0) is 60.3 Å². The van der Waals surface area contributed by atoms with E-state index in [2.05, 4.69) is 27.7 Å². The van der Waals surface area contributed by atoms with Gasteiger partial charge in [0.2, 0.25) is 0 Å². The molecule has 0 amide bonds. The van der Waals surface area contributed by atoms with Gasteiger partial charge in [-0.1, -0.05) is 34.1 Å². The standard InChI is InChI=1S/C23H30O4/c1-5-6-12-8-21(4)14(13-10-25-19(24)17(12)13)7-16-22(26-16)11(2)20(3)9-15(20)18-23(21,22)27-18/h11-12,14-16,18H,5-10H2,1-4H3/t11?,12?,14-,15-,16-,18-,20+,21-,22-,23+/m0/s1. The smallest absolute Gasteiger partial charge is 0.334 e. The number of esters is 1. The highest BCUT2D eigenvalue weighted by Crippen LogP contribution is 2.87. The molecule has 5 fully saturated rings. The maximum Gasteiger partial charge on any atom is 0.334 e. The number of fused-ring (bicyclic) bond motifs is 4. The van der Waals surface area contributed by atoms with Crippen LogP contribution in [-0.2, 0) is 19.0 Å². The van der Waals surface area contributed by atoms with Gasteiger partial charge in [-0.15, -0.1) is 0 Å². The summed E-state index contributed by atoms with van der Waals surface area (Å²) in [6, 6.07) is 0. The Balaban J connectivity index is 1.40. The zero-order valence-corrected chi connectivity index (χ0v) is 16.8. The van der Waals surface area contributed by atoms with Crippen molar-refractivity contribution in [2.45, 2.75) is 83.2 Å². The lowest BCUT2D eigenvalue weighted by Gasteiger charge is -2.55. The Morgan fingerprint density at radius 3 is 2.78 bits per heavy atom. The van der Waals surface area contributed by atoms with Gasteiger partial charge in [-0.25, -0.2) is 4.79 Å². The van der Waals surface area contributed by atoms with E-state index in [1.54, 1.807) is 0 Å². The monoisotopic (exact) mass is 370 g/mol. The van der Waals surface area contributed by atoms with Crippen LogP contribution in [0.5, 0.6) is 0 Å². The summed E-state index contributed by atoms with van der Waals surface area (Å²) in [5.74, 6) is 1.94. The molecule has 2 saturated heterocycles. The summed E-state index contributed by atoms with van der Waals surface area (Å²) in [5, 5.41) is 0. The van der Waals surface area contributed by atoms with Crippen LogP contribution in [0.4, 0.5) is 0 Å². The Bertz CT molecular complexity index is 832. The van der Waals surface area contributed by atoms with Crippen LogP contribution in [0.15, 0.2) is 11.1 Å². The highest BCUT2D eigenvalue weighted by Gasteiger charge is 2.97. The fourth-order valence-electron chi connectivity index (χ4n) is 8.97. The summed E-state index contributed by atoms with van der Waals surface area (Å²) >= 11 is 0. The normalized spacial score (nSPS) is 63.8. The lowest BCUT2D eigenvalue weighted by Crippen LogP contribution is -2.64. The second-order valence-electron chi connectivity index (χ2n) is 11.1. The van der Waals surface area contributed by atoms with Crippen molar-refractivity contribution in [1.82, 2.24) is 0 Å². The average Bonchev–Trinajstić information content (AvgIpc) is 3.52. The van der Waals surface area contributed by atoms with E-state index in [1.807, 2.05) is 0 Å². The molecule has 7 aliphatic rings. The molecule has 3 aliphatic heterocycles. The first-order chi connectivity index (χ1) is 12.8. The number of hydrogen-bond acceptors (Lipinski definition) is 4. The maximum absolute atomic E-state index is 12.5. The Morgan fingerprint density at radius 1 is 1.19 bits per heavy atom. The van der Waals surface area contributed by atoms with Gasteiger partial charge in [-0.3, -0.25) is 0 Å². The molecule has 2 spiro atoms. The summed E-state index contributed by atoms with van der Waals surface area (Å²) in [6.07, 6.45) is 6.27. The van der Waals surface area contributed by atoms with Crippen LogP contribution >= 0.6 is 0 Å². The summed E-state index contributed by atoms with van der Waals surface area (Å²) < 4.78 is 19.0. The molecule has 0 aromatic carbocycles. The van der Waals surface area contributed by atoms with Crippen LogP contribution in [0.1, 0.15) is 59.8 Å². The van der Waals surface area contributed by atoms with Gasteiger partial charge >= 0.3 is 5.97 Å². The predicted octanol–water partition coefficient (Wildman–Crippen LogP) is 3.64. The second kappa shape index (κ2) is 4.18. The number of cyclic esters (lactones) is 1. The van der Waals surface area contributed by atoms with E-state index in [-0.39, 0.29) is 22.6 Å². The number of hydrogen-bond donors (Lipinski definition) is 0. The van der Waals surface area contributed by atoms with Gasteiger partial charge in [-0.2, -0.15) is 0 Å². The largest absolute Gasteiger partial charge is 0.458 e. The molecule has 2 unspecified atom stereocenters. The molecule has 0 bridgehead atoms. The minimum atomic E-state index is -0.121. The first-order valence-corrected chi connectivity index (χ1v) is 11.1. The zero-order valence-electron chi connectivity index (χ0n) is 16.8. The third-order valence-electron chi connectivity index (χ3n) is 10.5. The molecule has 0 radical (unpaired) electrons. The van der Waals surface area contributed by atoms with Crippen molar-refractivity contribution >= 4 is 5.97 Å². The number of carbonyl (C=O) groups excluding carboxylic acids is 1. The molecule has 0 aromatic heterocycles. The average molecular weight is 370 g/mol. The van der Waals surface area contributed by atoms with Gasteiger partial charge in [0.1, 0.15) is 17.8 Å². The van der Waals surface area contributed by atoms with Crippen molar-refractivity contribution in [3.63, 3.8) is 0 Å². The Kier molecular flexibility index (Phi) is 2.48. The molecular weight excluding hydrogens is 340 g/mol. The quantitative estimate of drug-likeness (QED) is 0.550. The molecule has 4 nitrogen and oxygen atoms in total. The molecule has 0 N–H and O–H groups in total. The van der Waals surface area contributed by atoms with Gasteiger partial charge < -0.3 is 14.2 Å². The summed E-state index contributed by atoms with van der Waals surface area (Å²) in [5.41, 5.74) is 2.62. The first-order valence-electron chi connectivity index (χ1n) is 11.1. The SMILES string of the molecule is CCCC1C[C@@]2(C)[C@@H](C[C@@H]3O[C@@]34C(C)[C@@]3(C)C[C@H]3[C@@H]3O[C@]324)C2=C1C(=O)OC2. The minimum absolute atomic E-state index is 0.0448. The van der Waals surface area contributed by atoms with Crippen molar-refractivity contribution in [1.29, 1.82) is 0 Å². The van der Waals surface area contributed by atoms with E-state index in [0.717, 1.165) is 31.3 Å². The van der Waals surface area contributed by atoms with Crippen molar-refractivity contribution in [2.24, 2.45) is 34.5 Å². The number of carbonyl (C=O) groups is 1. The summed E-state index contributed by atoms with van der Waals surface area (Å²) in [4.78, 5) is 12.5. The highest BCUT2D eigenvalue weighted by atomic mass is 16.7. The molecule has 4 heteroatoms. The van der Waals surface area contributed by atoms with E-state index in [4.69, 9.17) is 14.2 Å². The zero-order chi connectivity index (χ0) is 18.6. The second-order valence-corrected chi connectivity index (χ2v) is 11.1. The van der Waals surface area contributed by atoms with E-state index in [0.29, 0.717) is 47.9 Å². The topological polar surface area (TPSA) is 51.4 Å². The Morgan fingerprint density at radius 2 is 2.00 bits per heavy atom. The van der Waals surface area contributed by atoms with E-state index < -0.39 is 0 Å². The number of epoxide rings is 2. The van der Waals surface area contributed by atoms with E-state index in [9.17, 15) is 4.79 Å². The lowest BCUT2D eigenvalue weighted by atomic mass is 9.45. The van der Waals surface area contributed by atoms with Gasteiger partial charge in [0, 0.05) is 11.0 Å². The molecule has 0 aromatic rings. The predicted molar refractivity (Wildman–Crippen MR) is 97.8 cm³/mol. The molecule has 4 aliphatic carbocycles. The third-order valence-corrected chi connectivity index (χ3v) is 10.5. The molecule has 146 valence electrons. The van der Waals surface area contributed by atoms with E-state index >= 15 is 0 Å². The molecule has 7 rings (SSSR count). The maximum atomic E-state index is 12.5. The van der Waals surface area contributed by atoms with Crippen LogP contribution in [0, 0.1) is 34.5 Å². The fourth-order valence-corrected chi connectivity index (χ4v) is 8.97. The van der Waals surface area contributed by atoms with E-state index in [1.165, 1.54) is 12.0 Å². The summed E-state index contributed by atoms with van der Waals surface area (Å²) in [6.45, 7) is 10.1.